The fourth-order valence-electron chi connectivity index (χ4n) is 3.33. The third kappa shape index (κ3) is 3.65. The third-order valence-corrected chi connectivity index (χ3v) is 7.82. The molecule has 0 saturated carbocycles. The molecule has 2 heterocycles. The van der Waals surface area contributed by atoms with Gasteiger partial charge in [-0.3, -0.25) is 0 Å². The number of hydrogen-bond donors (Lipinski definition) is 0. The van der Waals surface area contributed by atoms with E-state index < -0.39 is 10.0 Å². The first-order chi connectivity index (χ1) is 12.5. The molecule has 4 nitrogen and oxygen atoms in total. The van der Waals surface area contributed by atoms with E-state index in [0.29, 0.717) is 24.6 Å². The number of benzene rings is 2. The van der Waals surface area contributed by atoms with Crippen LogP contribution in [0.5, 0.6) is 0 Å². The first-order valence-electron chi connectivity index (χ1n) is 8.59. The zero-order chi connectivity index (χ0) is 18.1. The summed E-state index contributed by atoms with van der Waals surface area (Å²) in [7, 11) is -3.39. The molecule has 0 aliphatic carbocycles. The van der Waals surface area contributed by atoms with Crippen molar-refractivity contribution in [1.29, 1.82) is 0 Å². The molecule has 1 aliphatic rings. The first kappa shape index (κ1) is 17.6. The van der Waals surface area contributed by atoms with Crippen LogP contribution in [0, 0.1) is 5.82 Å². The Morgan fingerprint density at radius 2 is 1.77 bits per heavy atom. The molecule has 0 atom stereocenters. The summed E-state index contributed by atoms with van der Waals surface area (Å²) in [6.45, 7) is 1.01. The average Bonchev–Trinajstić information content (AvgIpc) is 3.08. The highest BCUT2D eigenvalue weighted by atomic mass is 32.2. The van der Waals surface area contributed by atoms with Crippen LogP contribution in [0.3, 0.4) is 0 Å². The summed E-state index contributed by atoms with van der Waals surface area (Å²) in [5.41, 5.74) is 1.62. The molecule has 0 unspecified atom stereocenters. The zero-order valence-corrected chi connectivity index (χ0v) is 15.8. The van der Waals surface area contributed by atoms with Crippen molar-refractivity contribution < 1.29 is 12.8 Å². The van der Waals surface area contributed by atoms with Gasteiger partial charge in [0, 0.05) is 19.0 Å². The molecule has 1 fully saturated rings. The predicted molar refractivity (Wildman–Crippen MR) is 102 cm³/mol. The molecule has 0 N–H and O–H groups in total. The number of halogens is 1. The molecule has 1 saturated heterocycles. The predicted octanol–water partition coefficient (Wildman–Crippen LogP) is 4.14. The van der Waals surface area contributed by atoms with Gasteiger partial charge in [0.2, 0.25) is 10.0 Å². The molecule has 0 amide bonds. The number of piperidine rings is 1. The van der Waals surface area contributed by atoms with Gasteiger partial charge in [-0.05, 0) is 42.7 Å². The van der Waals surface area contributed by atoms with E-state index >= 15 is 0 Å². The van der Waals surface area contributed by atoms with Crippen molar-refractivity contribution in [3.05, 3.63) is 64.9 Å². The number of sulfonamides is 1. The second-order valence-electron chi connectivity index (χ2n) is 6.58. The molecule has 2 aromatic carbocycles. The lowest BCUT2D eigenvalue weighted by Crippen LogP contribution is -2.38. The van der Waals surface area contributed by atoms with Gasteiger partial charge in [-0.2, -0.15) is 0 Å². The van der Waals surface area contributed by atoms with E-state index in [1.807, 2.05) is 18.2 Å². The Morgan fingerprint density at radius 3 is 2.46 bits per heavy atom. The van der Waals surface area contributed by atoms with Crippen LogP contribution >= 0.6 is 11.3 Å². The molecule has 0 radical (unpaired) electrons. The van der Waals surface area contributed by atoms with Gasteiger partial charge in [0.25, 0.3) is 0 Å². The summed E-state index contributed by atoms with van der Waals surface area (Å²) in [5, 5.41) is 1.10. The summed E-state index contributed by atoms with van der Waals surface area (Å²) >= 11 is 1.70. The van der Waals surface area contributed by atoms with Gasteiger partial charge in [-0.15, -0.1) is 11.3 Å². The number of hydrogen-bond acceptors (Lipinski definition) is 4. The fourth-order valence-corrected chi connectivity index (χ4v) is 6.03. The standard InChI is InChI=1S/C19H19FN2O2S2/c20-16-7-5-14(6-8-16)13-26(23,24)22-11-9-15(10-12-22)19-21-17-3-1-2-4-18(17)25-19/h1-8,15H,9-13H2. The van der Waals surface area contributed by atoms with Crippen LogP contribution in [0.4, 0.5) is 4.39 Å². The Morgan fingerprint density at radius 1 is 1.08 bits per heavy atom. The molecular weight excluding hydrogens is 371 g/mol. The molecule has 1 aromatic heterocycles. The van der Waals surface area contributed by atoms with Crippen molar-refractivity contribution in [2.45, 2.75) is 24.5 Å². The third-order valence-electron chi connectivity index (χ3n) is 4.77. The summed E-state index contributed by atoms with van der Waals surface area (Å²) in [6, 6.07) is 13.7. The second kappa shape index (κ2) is 7.06. The van der Waals surface area contributed by atoms with Crippen molar-refractivity contribution in [3.63, 3.8) is 0 Å². The summed E-state index contributed by atoms with van der Waals surface area (Å²) in [4.78, 5) is 4.71. The highest BCUT2D eigenvalue weighted by Gasteiger charge is 2.30. The van der Waals surface area contributed by atoms with Gasteiger partial charge >= 0.3 is 0 Å². The summed E-state index contributed by atoms with van der Waals surface area (Å²) in [6.07, 6.45) is 1.56. The van der Waals surface area contributed by atoms with Crippen molar-refractivity contribution >= 4 is 31.6 Å². The normalized spacial score (nSPS) is 17.0. The van der Waals surface area contributed by atoms with Crippen molar-refractivity contribution in [3.8, 4) is 0 Å². The van der Waals surface area contributed by atoms with Crippen molar-refractivity contribution in [2.75, 3.05) is 13.1 Å². The Balaban J connectivity index is 1.43. The number of fused-ring (bicyclic) bond motifs is 1. The maximum atomic E-state index is 13.0. The number of para-hydroxylation sites is 1. The van der Waals surface area contributed by atoms with Gasteiger partial charge in [-0.1, -0.05) is 24.3 Å². The fraction of sp³-hybridized carbons (Fsp3) is 0.316. The Bertz CT molecular complexity index is 974. The lowest BCUT2D eigenvalue weighted by Gasteiger charge is -2.30. The summed E-state index contributed by atoms with van der Waals surface area (Å²) in [5.74, 6) is -0.133. The Kier molecular flexibility index (Phi) is 4.77. The van der Waals surface area contributed by atoms with Gasteiger partial charge in [0.05, 0.1) is 21.0 Å². The smallest absolute Gasteiger partial charge is 0.218 e. The minimum absolute atomic E-state index is 0.0842. The molecule has 4 rings (SSSR count). The number of aromatic nitrogens is 1. The van der Waals surface area contributed by atoms with E-state index in [0.717, 1.165) is 23.4 Å². The van der Waals surface area contributed by atoms with Crippen LogP contribution < -0.4 is 0 Å². The topological polar surface area (TPSA) is 50.3 Å². The van der Waals surface area contributed by atoms with Crippen LogP contribution in [0.1, 0.15) is 29.3 Å². The number of nitrogens with zero attached hydrogens (tertiary/aromatic N) is 2. The maximum absolute atomic E-state index is 13.0. The molecule has 26 heavy (non-hydrogen) atoms. The minimum atomic E-state index is -3.39. The van der Waals surface area contributed by atoms with Gasteiger partial charge in [-0.25, -0.2) is 22.1 Å². The lowest BCUT2D eigenvalue weighted by molar-refractivity contribution is 0.319. The molecule has 136 valence electrons. The van der Waals surface area contributed by atoms with Crippen molar-refractivity contribution in [2.24, 2.45) is 0 Å². The number of rotatable bonds is 4. The van der Waals surface area contributed by atoms with E-state index in [4.69, 9.17) is 4.98 Å². The minimum Gasteiger partial charge on any atom is -0.241 e. The molecule has 3 aromatic rings. The average molecular weight is 391 g/mol. The van der Waals surface area contributed by atoms with Gasteiger partial charge < -0.3 is 0 Å². The zero-order valence-electron chi connectivity index (χ0n) is 14.1. The van der Waals surface area contributed by atoms with Gasteiger partial charge in [0.15, 0.2) is 0 Å². The van der Waals surface area contributed by atoms with Crippen LogP contribution in [-0.2, 0) is 15.8 Å². The van der Waals surface area contributed by atoms with E-state index in [1.54, 1.807) is 15.6 Å². The molecule has 0 spiro atoms. The van der Waals surface area contributed by atoms with E-state index in [1.165, 1.54) is 29.0 Å². The maximum Gasteiger partial charge on any atom is 0.218 e. The van der Waals surface area contributed by atoms with E-state index in [-0.39, 0.29) is 11.6 Å². The number of thiazole rings is 1. The van der Waals surface area contributed by atoms with Crippen LogP contribution in [-0.4, -0.2) is 30.8 Å². The Hall–Kier alpha value is -1.83. The van der Waals surface area contributed by atoms with Crippen molar-refractivity contribution in [1.82, 2.24) is 9.29 Å². The quantitative estimate of drug-likeness (QED) is 0.673. The van der Waals surface area contributed by atoms with Crippen LogP contribution in [0.25, 0.3) is 10.2 Å². The van der Waals surface area contributed by atoms with Crippen LogP contribution in [0.2, 0.25) is 0 Å². The molecular formula is C19H19FN2O2S2. The first-order valence-corrected chi connectivity index (χ1v) is 11.0. The highest BCUT2D eigenvalue weighted by molar-refractivity contribution is 7.88. The second-order valence-corrected chi connectivity index (χ2v) is 9.61. The molecule has 1 aliphatic heterocycles. The van der Waals surface area contributed by atoms with Gasteiger partial charge in [0.1, 0.15) is 5.82 Å². The monoisotopic (exact) mass is 390 g/mol. The van der Waals surface area contributed by atoms with Crippen LogP contribution in [0.15, 0.2) is 48.5 Å². The van der Waals surface area contributed by atoms with E-state index in [9.17, 15) is 12.8 Å². The van der Waals surface area contributed by atoms with E-state index in [2.05, 4.69) is 6.07 Å². The molecule has 7 heteroatoms. The largest absolute Gasteiger partial charge is 0.241 e. The summed E-state index contributed by atoms with van der Waals surface area (Å²) < 4.78 is 41.0. The molecule has 0 bridgehead atoms. The Labute approximate surface area is 156 Å². The SMILES string of the molecule is O=S(=O)(Cc1ccc(F)cc1)N1CCC(c2nc3ccccc3s2)CC1. The highest BCUT2D eigenvalue weighted by Crippen LogP contribution is 2.34. The lowest BCUT2D eigenvalue weighted by atomic mass is 9.99.